The summed E-state index contributed by atoms with van der Waals surface area (Å²) in [5, 5.41) is 0.983. The Morgan fingerprint density at radius 1 is 1.15 bits per heavy atom. The molecule has 0 aliphatic rings. The Bertz CT molecular complexity index is 1020. The number of carbonyl (C=O) groups excluding carboxylic acids is 1. The van der Waals surface area contributed by atoms with Crippen LogP contribution in [0.3, 0.4) is 0 Å². The SMILES string of the molecule is Cc1sc2nc(S[C@@H](C)C(=O)c3ccccc3)n(C(C)C)c(=O)c2c1C. The molecule has 0 fully saturated rings. The first kappa shape index (κ1) is 18.9. The van der Waals surface area contributed by atoms with Crippen LogP contribution in [0.15, 0.2) is 40.3 Å². The molecule has 26 heavy (non-hydrogen) atoms. The van der Waals surface area contributed by atoms with Crippen molar-refractivity contribution in [1.29, 1.82) is 0 Å². The molecule has 1 aromatic carbocycles. The molecule has 0 unspecified atom stereocenters. The summed E-state index contributed by atoms with van der Waals surface area (Å²) in [6.07, 6.45) is 0. The summed E-state index contributed by atoms with van der Waals surface area (Å²) in [5.41, 5.74) is 1.66. The van der Waals surface area contributed by atoms with Gasteiger partial charge in [-0.05, 0) is 40.2 Å². The van der Waals surface area contributed by atoms with Gasteiger partial charge >= 0.3 is 0 Å². The van der Waals surface area contributed by atoms with Crippen molar-refractivity contribution >= 4 is 39.1 Å². The molecule has 0 N–H and O–H groups in total. The van der Waals surface area contributed by atoms with Crippen molar-refractivity contribution in [3.63, 3.8) is 0 Å². The number of thiophene rings is 1. The van der Waals surface area contributed by atoms with Crippen molar-refractivity contribution in [1.82, 2.24) is 9.55 Å². The molecule has 3 rings (SSSR count). The highest BCUT2D eigenvalue weighted by molar-refractivity contribution is 8.00. The van der Waals surface area contributed by atoms with E-state index >= 15 is 0 Å². The number of hydrogen-bond donors (Lipinski definition) is 0. The maximum absolute atomic E-state index is 13.1. The minimum atomic E-state index is -0.325. The Morgan fingerprint density at radius 2 is 1.81 bits per heavy atom. The van der Waals surface area contributed by atoms with Crippen molar-refractivity contribution in [2.24, 2.45) is 0 Å². The summed E-state index contributed by atoms with van der Waals surface area (Å²) in [5.74, 6) is 0.0405. The number of aryl methyl sites for hydroxylation is 2. The highest BCUT2D eigenvalue weighted by Crippen LogP contribution is 2.31. The first-order chi connectivity index (χ1) is 12.3. The molecule has 2 aromatic heterocycles. The van der Waals surface area contributed by atoms with Gasteiger partial charge in [0.1, 0.15) is 4.83 Å². The van der Waals surface area contributed by atoms with Crippen LogP contribution in [0.2, 0.25) is 0 Å². The van der Waals surface area contributed by atoms with Crippen molar-refractivity contribution in [3.05, 3.63) is 56.7 Å². The molecule has 0 amide bonds. The molecule has 4 nitrogen and oxygen atoms in total. The van der Waals surface area contributed by atoms with Gasteiger partial charge in [-0.3, -0.25) is 14.2 Å². The number of carbonyl (C=O) groups is 1. The van der Waals surface area contributed by atoms with E-state index in [-0.39, 0.29) is 22.6 Å². The summed E-state index contributed by atoms with van der Waals surface area (Å²) in [7, 11) is 0. The summed E-state index contributed by atoms with van der Waals surface area (Å²) in [6.45, 7) is 9.78. The van der Waals surface area contributed by atoms with Crippen LogP contribution < -0.4 is 5.56 Å². The number of hydrogen-bond acceptors (Lipinski definition) is 5. The fraction of sp³-hybridized carbons (Fsp3) is 0.350. The first-order valence-electron chi connectivity index (χ1n) is 8.59. The van der Waals surface area contributed by atoms with E-state index in [1.807, 2.05) is 65.0 Å². The number of Topliss-reactive ketones (excluding diaryl/α,β-unsaturated/α-hetero) is 1. The predicted octanol–water partition coefficient (Wildman–Crippen LogP) is 5.02. The van der Waals surface area contributed by atoms with E-state index in [0.717, 1.165) is 15.3 Å². The number of rotatable bonds is 5. The average molecular weight is 387 g/mol. The minimum absolute atomic E-state index is 0.0197. The van der Waals surface area contributed by atoms with Crippen LogP contribution in [0.25, 0.3) is 10.2 Å². The van der Waals surface area contributed by atoms with Crippen molar-refractivity contribution in [2.75, 3.05) is 0 Å². The van der Waals surface area contributed by atoms with E-state index in [1.165, 1.54) is 23.1 Å². The largest absolute Gasteiger partial charge is 0.293 e. The van der Waals surface area contributed by atoms with Crippen LogP contribution in [-0.2, 0) is 0 Å². The standard InChI is InChI=1S/C20H22N2O2S2/c1-11(2)22-19(24)16-12(3)13(4)25-18(16)21-20(22)26-14(5)17(23)15-9-7-6-8-10-15/h6-11,14H,1-5H3/t14-/m0/s1. The van der Waals surface area contributed by atoms with Crippen molar-refractivity contribution in [3.8, 4) is 0 Å². The summed E-state index contributed by atoms with van der Waals surface area (Å²) < 4.78 is 1.71. The minimum Gasteiger partial charge on any atom is -0.293 e. The highest BCUT2D eigenvalue weighted by atomic mass is 32.2. The molecule has 136 valence electrons. The molecule has 1 atom stereocenters. The molecule has 3 aromatic rings. The van der Waals surface area contributed by atoms with Gasteiger partial charge < -0.3 is 0 Å². The van der Waals surface area contributed by atoms with E-state index in [1.54, 1.807) is 4.57 Å². The topological polar surface area (TPSA) is 52.0 Å². The summed E-state index contributed by atoms with van der Waals surface area (Å²) in [6, 6.07) is 9.21. The molecule has 2 heterocycles. The molecular weight excluding hydrogens is 364 g/mol. The van der Waals surface area contributed by atoms with Crippen LogP contribution >= 0.6 is 23.1 Å². The predicted molar refractivity (Wildman–Crippen MR) is 110 cm³/mol. The van der Waals surface area contributed by atoms with Crippen molar-refractivity contribution < 1.29 is 4.79 Å². The molecule has 0 saturated carbocycles. The third-order valence-corrected chi connectivity index (χ3v) is 6.60. The van der Waals surface area contributed by atoms with E-state index in [4.69, 9.17) is 4.98 Å². The zero-order valence-electron chi connectivity index (χ0n) is 15.6. The maximum Gasteiger partial charge on any atom is 0.263 e. The lowest BCUT2D eigenvalue weighted by atomic mass is 10.1. The van der Waals surface area contributed by atoms with Crippen LogP contribution in [-0.4, -0.2) is 20.6 Å². The quantitative estimate of drug-likeness (QED) is 0.351. The van der Waals surface area contributed by atoms with Gasteiger partial charge in [0.2, 0.25) is 0 Å². The lowest BCUT2D eigenvalue weighted by molar-refractivity contribution is 0.0994. The first-order valence-corrected chi connectivity index (χ1v) is 10.3. The van der Waals surface area contributed by atoms with Gasteiger partial charge in [0.05, 0.1) is 10.6 Å². The number of ketones is 1. The van der Waals surface area contributed by atoms with Crippen LogP contribution in [0, 0.1) is 13.8 Å². The second kappa shape index (κ2) is 7.37. The second-order valence-corrected chi connectivity index (χ2v) is 9.13. The Hall–Kier alpha value is -1.92. The van der Waals surface area contributed by atoms with Crippen molar-refractivity contribution in [2.45, 2.75) is 51.1 Å². The van der Waals surface area contributed by atoms with Gasteiger partial charge in [-0.1, -0.05) is 42.1 Å². The number of thioether (sulfide) groups is 1. The molecule has 0 bridgehead atoms. The van der Waals surface area contributed by atoms with Crippen LogP contribution in [0.1, 0.15) is 47.6 Å². The molecule has 0 saturated heterocycles. The number of nitrogens with zero attached hydrogens (tertiary/aromatic N) is 2. The fourth-order valence-electron chi connectivity index (χ4n) is 2.87. The number of fused-ring (bicyclic) bond motifs is 1. The van der Waals surface area contributed by atoms with E-state index < -0.39 is 0 Å². The van der Waals surface area contributed by atoms with E-state index in [9.17, 15) is 9.59 Å². The lowest BCUT2D eigenvalue weighted by Gasteiger charge is -2.17. The zero-order chi connectivity index (χ0) is 19.0. The van der Waals surface area contributed by atoms with Gasteiger partial charge in [-0.15, -0.1) is 11.3 Å². The lowest BCUT2D eigenvalue weighted by Crippen LogP contribution is -2.26. The molecule has 0 spiro atoms. The molecule has 0 aliphatic heterocycles. The molecular formula is C20H22N2O2S2. The van der Waals surface area contributed by atoms with Crippen LogP contribution in [0.4, 0.5) is 0 Å². The smallest absolute Gasteiger partial charge is 0.263 e. The highest BCUT2D eigenvalue weighted by Gasteiger charge is 2.23. The number of benzene rings is 1. The fourth-order valence-corrected chi connectivity index (χ4v) is 5.06. The van der Waals surface area contributed by atoms with Gasteiger partial charge in [0, 0.05) is 16.5 Å². The molecule has 6 heteroatoms. The van der Waals surface area contributed by atoms with Crippen LogP contribution in [0.5, 0.6) is 0 Å². The van der Waals surface area contributed by atoms with Gasteiger partial charge in [0.15, 0.2) is 10.9 Å². The summed E-state index contributed by atoms with van der Waals surface area (Å²) >= 11 is 2.89. The average Bonchev–Trinajstić information content (AvgIpc) is 2.89. The Balaban J connectivity index is 2.05. The Morgan fingerprint density at radius 3 is 2.42 bits per heavy atom. The van der Waals surface area contributed by atoms with Gasteiger partial charge in [-0.2, -0.15) is 0 Å². The summed E-state index contributed by atoms with van der Waals surface area (Å²) in [4.78, 5) is 32.4. The van der Waals surface area contributed by atoms with Gasteiger partial charge in [-0.25, -0.2) is 4.98 Å². The third-order valence-electron chi connectivity index (χ3n) is 4.43. The normalized spacial score (nSPS) is 12.7. The molecule has 0 aliphatic carbocycles. The Labute approximate surface area is 161 Å². The molecule has 0 radical (unpaired) electrons. The van der Waals surface area contributed by atoms with E-state index in [2.05, 4.69) is 0 Å². The maximum atomic E-state index is 13.1. The zero-order valence-corrected chi connectivity index (χ0v) is 17.2. The number of aromatic nitrogens is 2. The Kier molecular flexibility index (Phi) is 5.34. The van der Waals surface area contributed by atoms with Gasteiger partial charge in [0.25, 0.3) is 5.56 Å². The third kappa shape index (κ3) is 3.35. The second-order valence-electron chi connectivity index (χ2n) is 6.62. The van der Waals surface area contributed by atoms with E-state index in [0.29, 0.717) is 16.1 Å². The monoisotopic (exact) mass is 386 g/mol.